The van der Waals surface area contributed by atoms with Gasteiger partial charge in [-0.2, -0.15) is 0 Å². The van der Waals surface area contributed by atoms with Crippen LogP contribution in [-0.2, 0) is 0 Å². The van der Waals surface area contributed by atoms with E-state index in [4.69, 9.17) is 0 Å². The number of benzene rings is 1. The van der Waals surface area contributed by atoms with Gasteiger partial charge >= 0.3 is 0 Å². The number of carbonyl (C=O) groups is 1. The summed E-state index contributed by atoms with van der Waals surface area (Å²) in [6.07, 6.45) is 0. The van der Waals surface area contributed by atoms with E-state index in [1.54, 1.807) is 19.9 Å². The topological polar surface area (TPSA) is 54.9 Å². The van der Waals surface area contributed by atoms with E-state index >= 15 is 0 Å². The van der Waals surface area contributed by atoms with Gasteiger partial charge in [0.25, 0.3) is 5.91 Å². The monoisotopic (exact) mass is 263 g/mol. The fourth-order valence-electron chi connectivity index (χ4n) is 1.62. The van der Waals surface area contributed by atoms with E-state index in [2.05, 4.69) is 15.3 Å². The summed E-state index contributed by atoms with van der Waals surface area (Å²) in [5, 5.41) is 2.38. The highest BCUT2D eigenvalue weighted by Gasteiger charge is 2.14. The highest BCUT2D eigenvalue weighted by atomic mass is 19.1. The molecule has 19 heavy (non-hydrogen) atoms. The van der Waals surface area contributed by atoms with E-state index in [0.29, 0.717) is 17.5 Å². The molecule has 0 saturated carbocycles. The maximum absolute atomic E-state index is 13.4. The van der Waals surface area contributed by atoms with Gasteiger partial charge in [0.15, 0.2) is 0 Å². The smallest absolute Gasteiger partial charge is 0.260 e. The molecule has 1 N–H and O–H groups in total. The van der Waals surface area contributed by atoms with Gasteiger partial charge in [0.05, 0.1) is 5.56 Å². The zero-order valence-corrected chi connectivity index (χ0v) is 10.4. The predicted octanol–water partition coefficient (Wildman–Crippen LogP) is 2.62. The maximum Gasteiger partial charge on any atom is 0.260 e. The van der Waals surface area contributed by atoms with Crippen LogP contribution in [0.2, 0.25) is 0 Å². The van der Waals surface area contributed by atoms with Gasteiger partial charge in [-0.3, -0.25) is 10.1 Å². The molecule has 0 aliphatic rings. The van der Waals surface area contributed by atoms with Gasteiger partial charge in [-0.05, 0) is 32.0 Å². The molecule has 0 fully saturated rings. The van der Waals surface area contributed by atoms with Crippen molar-refractivity contribution in [2.45, 2.75) is 13.8 Å². The summed E-state index contributed by atoms with van der Waals surface area (Å²) < 4.78 is 26.2. The van der Waals surface area contributed by atoms with Crippen molar-refractivity contribution < 1.29 is 13.6 Å². The predicted molar refractivity (Wildman–Crippen MR) is 65.8 cm³/mol. The SMILES string of the molecule is Cc1cc(C)nc(NC(=O)c2ccc(F)cc2F)n1. The van der Waals surface area contributed by atoms with Crippen molar-refractivity contribution in [2.24, 2.45) is 0 Å². The Morgan fingerprint density at radius 1 is 1.11 bits per heavy atom. The Morgan fingerprint density at radius 3 is 2.32 bits per heavy atom. The van der Waals surface area contributed by atoms with E-state index < -0.39 is 17.5 Å². The molecule has 6 heteroatoms. The molecule has 0 saturated heterocycles. The van der Waals surface area contributed by atoms with E-state index in [9.17, 15) is 13.6 Å². The molecule has 2 aromatic rings. The minimum absolute atomic E-state index is 0.0891. The molecule has 1 aromatic heterocycles. The molecule has 4 nitrogen and oxygen atoms in total. The van der Waals surface area contributed by atoms with E-state index in [1.165, 1.54) is 0 Å². The van der Waals surface area contributed by atoms with Crippen LogP contribution in [0.5, 0.6) is 0 Å². The Kier molecular flexibility index (Phi) is 3.50. The molecule has 1 amide bonds. The number of nitrogens with zero attached hydrogens (tertiary/aromatic N) is 2. The molecular weight excluding hydrogens is 252 g/mol. The lowest BCUT2D eigenvalue weighted by Gasteiger charge is -2.06. The number of anilines is 1. The maximum atomic E-state index is 13.4. The average molecular weight is 263 g/mol. The van der Waals surface area contributed by atoms with Crippen molar-refractivity contribution in [3.63, 3.8) is 0 Å². The molecule has 0 radical (unpaired) electrons. The third-order valence-corrected chi connectivity index (χ3v) is 2.38. The number of rotatable bonds is 2. The number of aryl methyl sites for hydroxylation is 2. The number of aromatic nitrogens is 2. The van der Waals surface area contributed by atoms with Gasteiger partial charge < -0.3 is 0 Å². The van der Waals surface area contributed by atoms with Crippen LogP contribution in [0, 0.1) is 25.5 Å². The first kappa shape index (κ1) is 13.1. The Labute approximate surface area is 108 Å². The number of nitrogens with one attached hydrogen (secondary N) is 1. The zero-order valence-electron chi connectivity index (χ0n) is 10.4. The first-order chi connectivity index (χ1) is 8.95. The Hall–Kier alpha value is -2.37. The molecule has 0 aliphatic carbocycles. The van der Waals surface area contributed by atoms with Crippen molar-refractivity contribution in [3.8, 4) is 0 Å². The Morgan fingerprint density at radius 2 is 1.74 bits per heavy atom. The summed E-state index contributed by atoms with van der Waals surface area (Å²) in [4.78, 5) is 19.8. The van der Waals surface area contributed by atoms with Crippen LogP contribution >= 0.6 is 0 Å². The fourth-order valence-corrected chi connectivity index (χ4v) is 1.62. The summed E-state index contributed by atoms with van der Waals surface area (Å²) in [5.41, 5.74) is 1.11. The van der Waals surface area contributed by atoms with Crippen molar-refractivity contribution in [2.75, 3.05) is 5.32 Å². The summed E-state index contributed by atoms with van der Waals surface area (Å²) in [6, 6.07) is 4.48. The molecular formula is C13H11F2N3O. The molecule has 0 atom stereocenters. The quantitative estimate of drug-likeness (QED) is 0.906. The fraction of sp³-hybridized carbons (Fsp3) is 0.154. The normalized spacial score (nSPS) is 10.3. The first-order valence-corrected chi connectivity index (χ1v) is 5.54. The van der Waals surface area contributed by atoms with Crippen molar-refractivity contribution in [1.29, 1.82) is 0 Å². The molecule has 1 heterocycles. The van der Waals surface area contributed by atoms with Gasteiger partial charge in [-0.15, -0.1) is 0 Å². The third-order valence-electron chi connectivity index (χ3n) is 2.38. The first-order valence-electron chi connectivity index (χ1n) is 5.54. The lowest BCUT2D eigenvalue weighted by Crippen LogP contribution is -2.16. The lowest BCUT2D eigenvalue weighted by atomic mass is 10.2. The average Bonchev–Trinajstić information content (AvgIpc) is 2.26. The molecule has 0 bridgehead atoms. The molecule has 0 unspecified atom stereocenters. The van der Waals surface area contributed by atoms with Gasteiger partial charge in [-0.1, -0.05) is 0 Å². The summed E-state index contributed by atoms with van der Waals surface area (Å²) in [7, 11) is 0. The Bertz CT molecular complexity index is 624. The number of halogens is 2. The highest BCUT2D eigenvalue weighted by Crippen LogP contribution is 2.12. The minimum atomic E-state index is -0.929. The van der Waals surface area contributed by atoms with Crippen molar-refractivity contribution >= 4 is 11.9 Å². The van der Waals surface area contributed by atoms with Crippen molar-refractivity contribution in [3.05, 3.63) is 52.9 Å². The van der Waals surface area contributed by atoms with Crippen LogP contribution in [0.3, 0.4) is 0 Å². The van der Waals surface area contributed by atoms with E-state index in [-0.39, 0.29) is 11.5 Å². The molecule has 2 rings (SSSR count). The summed E-state index contributed by atoms with van der Waals surface area (Å²) in [5.74, 6) is -2.30. The van der Waals surface area contributed by atoms with Gasteiger partial charge in [0, 0.05) is 17.5 Å². The second kappa shape index (κ2) is 5.09. The second-order valence-corrected chi connectivity index (χ2v) is 4.05. The second-order valence-electron chi connectivity index (χ2n) is 4.05. The molecule has 1 aromatic carbocycles. The number of hydrogen-bond acceptors (Lipinski definition) is 3. The van der Waals surface area contributed by atoms with Crippen LogP contribution in [0.4, 0.5) is 14.7 Å². The number of hydrogen-bond donors (Lipinski definition) is 1. The van der Waals surface area contributed by atoms with Crippen LogP contribution in [-0.4, -0.2) is 15.9 Å². The summed E-state index contributed by atoms with van der Waals surface area (Å²) in [6.45, 7) is 3.51. The van der Waals surface area contributed by atoms with Crippen LogP contribution in [0.25, 0.3) is 0 Å². The third kappa shape index (κ3) is 3.09. The van der Waals surface area contributed by atoms with Crippen LogP contribution < -0.4 is 5.32 Å². The van der Waals surface area contributed by atoms with Gasteiger partial charge in [0.2, 0.25) is 5.95 Å². The van der Waals surface area contributed by atoms with Crippen LogP contribution in [0.1, 0.15) is 21.7 Å². The molecule has 98 valence electrons. The molecule has 0 spiro atoms. The van der Waals surface area contributed by atoms with Gasteiger partial charge in [-0.25, -0.2) is 18.7 Å². The minimum Gasteiger partial charge on any atom is -0.290 e. The lowest BCUT2D eigenvalue weighted by molar-refractivity contribution is 0.102. The highest BCUT2D eigenvalue weighted by molar-refractivity contribution is 6.03. The largest absolute Gasteiger partial charge is 0.290 e. The zero-order chi connectivity index (χ0) is 14.0. The van der Waals surface area contributed by atoms with Crippen molar-refractivity contribution in [1.82, 2.24) is 9.97 Å². The van der Waals surface area contributed by atoms with E-state index in [0.717, 1.165) is 12.1 Å². The van der Waals surface area contributed by atoms with Crippen LogP contribution in [0.15, 0.2) is 24.3 Å². The van der Waals surface area contributed by atoms with E-state index in [1.807, 2.05) is 0 Å². The van der Waals surface area contributed by atoms with Gasteiger partial charge in [0.1, 0.15) is 11.6 Å². The number of amides is 1. The number of carbonyl (C=O) groups excluding carboxylic acids is 1. The Balaban J connectivity index is 2.25. The summed E-state index contributed by atoms with van der Waals surface area (Å²) >= 11 is 0. The molecule has 0 aliphatic heterocycles. The standard InChI is InChI=1S/C13H11F2N3O/c1-7-5-8(2)17-13(16-7)18-12(19)10-4-3-9(14)6-11(10)15/h3-6H,1-2H3,(H,16,17,18,19).